The van der Waals surface area contributed by atoms with Crippen LogP contribution in [0.4, 0.5) is 8.78 Å². The van der Waals surface area contributed by atoms with Gasteiger partial charge in [0.1, 0.15) is 10.7 Å². The van der Waals surface area contributed by atoms with E-state index in [1.165, 1.54) is 0 Å². The Morgan fingerprint density at radius 1 is 1.42 bits per heavy atom. The third kappa shape index (κ3) is 2.82. The minimum atomic E-state index is -4.26. The van der Waals surface area contributed by atoms with E-state index in [9.17, 15) is 32.2 Å². The molecule has 0 aromatic heterocycles. The number of phenolic OH excluding ortho intramolecular Hbond substituents is 1. The van der Waals surface area contributed by atoms with Crippen molar-refractivity contribution in [1.29, 1.82) is 0 Å². The lowest BCUT2D eigenvalue weighted by Crippen LogP contribution is -2.15. The van der Waals surface area contributed by atoms with Crippen LogP contribution < -0.4 is 0 Å². The van der Waals surface area contributed by atoms with Crippen molar-refractivity contribution in [2.45, 2.75) is 11.0 Å². The average Bonchev–Trinajstić information content (AvgIpc) is 2.30. The Balaban J connectivity index is 3.55. The lowest BCUT2D eigenvalue weighted by atomic mass is 10.1. The van der Waals surface area contributed by atoms with Crippen molar-refractivity contribution in [3.8, 4) is 5.75 Å². The van der Waals surface area contributed by atoms with Crippen LogP contribution in [0.15, 0.2) is 11.0 Å². The van der Waals surface area contributed by atoms with Crippen molar-refractivity contribution < 1.29 is 36.9 Å². The highest BCUT2D eigenvalue weighted by molar-refractivity contribution is 7.90. The number of aliphatic hydroxyl groups excluding tert-OH is 1. The molecule has 0 fully saturated rings. The molecule has 0 aliphatic heterocycles. The summed E-state index contributed by atoms with van der Waals surface area (Å²) < 4.78 is 53.6. The summed E-state index contributed by atoms with van der Waals surface area (Å²) in [5, 5.41) is 18.8. The average molecular weight is 296 g/mol. The Kier molecular flexibility index (Phi) is 4.11. The van der Waals surface area contributed by atoms with Crippen LogP contribution in [-0.4, -0.2) is 38.0 Å². The van der Waals surface area contributed by atoms with E-state index in [1.807, 2.05) is 0 Å². The van der Waals surface area contributed by atoms with Gasteiger partial charge in [-0.1, -0.05) is 0 Å². The molecule has 1 atom stereocenters. The summed E-state index contributed by atoms with van der Waals surface area (Å²) in [5.74, 6) is -5.91. The first-order chi connectivity index (χ1) is 8.61. The van der Waals surface area contributed by atoms with Crippen LogP contribution in [0.3, 0.4) is 0 Å². The fourth-order valence-electron chi connectivity index (χ4n) is 1.40. The molecule has 1 aromatic rings. The number of benzene rings is 1. The molecular weight excluding hydrogens is 286 g/mol. The zero-order chi connectivity index (χ0) is 15.0. The topological polar surface area (TPSA) is 101 Å². The second kappa shape index (κ2) is 5.10. The molecule has 0 aliphatic rings. The Hall–Kier alpha value is -1.74. The second-order valence-corrected chi connectivity index (χ2v) is 5.59. The SMILES string of the molecule is COC(=O)C(O)c1cc(F)c(S(C)(=O)=O)c(F)c1O. The van der Waals surface area contributed by atoms with E-state index in [0.29, 0.717) is 12.3 Å². The number of hydrogen-bond donors (Lipinski definition) is 2. The summed E-state index contributed by atoms with van der Waals surface area (Å²) in [6.07, 6.45) is -1.59. The molecule has 0 radical (unpaired) electrons. The number of aliphatic hydroxyl groups is 1. The van der Waals surface area contributed by atoms with Crippen LogP contribution >= 0.6 is 0 Å². The first-order valence-electron chi connectivity index (χ1n) is 4.78. The van der Waals surface area contributed by atoms with Crippen LogP contribution in [0.1, 0.15) is 11.7 Å². The minimum Gasteiger partial charge on any atom is -0.505 e. The number of phenols is 1. The van der Waals surface area contributed by atoms with E-state index in [-0.39, 0.29) is 0 Å². The van der Waals surface area contributed by atoms with Gasteiger partial charge in [0.2, 0.25) is 0 Å². The molecule has 1 unspecified atom stereocenters. The Morgan fingerprint density at radius 2 is 1.95 bits per heavy atom. The fourth-order valence-corrected chi connectivity index (χ4v) is 2.23. The number of rotatable bonds is 3. The smallest absolute Gasteiger partial charge is 0.339 e. The largest absolute Gasteiger partial charge is 0.505 e. The third-order valence-corrected chi connectivity index (χ3v) is 3.39. The number of halogens is 2. The molecule has 106 valence electrons. The maximum absolute atomic E-state index is 13.6. The van der Waals surface area contributed by atoms with E-state index in [4.69, 9.17) is 0 Å². The summed E-state index contributed by atoms with van der Waals surface area (Å²) in [7, 11) is -3.35. The Bertz CT molecular complexity index is 625. The molecule has 0 amide bonds. The lowest BCUT2D eigenvalue weighted by Gasteiger charge is -2.13. The molecule has 19 heavy (non-hydrogen) atoms. The Morgan fingerprint density at radius 3 is 2.37 bits per heavy atom. The zero-order valence-electron chi connectivity index (χ0n) is 9.85. The number of hydrogen-bond acceptors (Lipinski definition) is 6. The normalized spacial score (nSPS) is 13.1. The lowest BCUT2D eigenvalue weighted by molar-refractivity contribution is -0.150. The number of methoxy groups -OCH3 is 1. The molecule has 9 heteroatoms. The molecule has 0 heterocycles. The zero-order valence-corrected chi connectivity index (χ0v) is 10.7. The van der Waals surface area contributed by atoms with E-state index >= 15 is 0 Å². The third-order valence-electron chi connectivity index (χ3n) is 2.27. The summed E-state index contributed by atoms with van der Waals surface area (Å²) in [4.78, 5) is 9.68. The first-order valence-corrected chi connectivity index (χ1v) is 6.67. The maximum Gasteiger partial charge on any atom is 0.339 e. The summed E-state index contributed by atoms with van der Waals surface area (Å²) in [6.45, 7) is 0. The molecule has 0 spiro atoms. The monoisotopic (exact) mass is 296 g/mol. The van der Waals surface area contributed by atoms with Gasteiger partial charge in [-0.2, -0.15) is 0 Å². The number of ether oxygens (including phenoxy) is 1. The molecule has 1 rings (SSSR count). The van der Waals surface area contributed by atoms with Crippen LogP contribution in [0, 0.1) is 11.6 Å². The number of aromatic hydroxyl groups is 1. The molecule has 0 saturated carbocycles. The molecule has 6 nitrogen and oxygen atoms in total. The van der Waals surface area contributed by atoms with E-state index < -0.39 is 49.8 Å². The van der Waals surface area contributed by atoms with Gasteiger partial charge in [0, 0.05) is 11.8 Å². The van der Waals surface area contributed by atoms with Crippen LogP contribution in [0.2, 0.25) is 0 Å². The Labute approximate surface area is 107 Å². The van der Waals surface area contributed by atoms with Crippen molar-refractivity contribution in [3.05, 3.63) is 23.3 Å². The maximum atomic E-state index is 13.6. The highest BCUT2D eigenvalue weighted by Gasteiger charge is 2.30. The van der Waals surface area contributed by atoms with Crippen LogP contribution in [-0.2, 0) is 19.4 Å². The van der Waals surface area contributed by atoms with Gasteiger partial charge >= 0.3 is 5.97 Å². The summed E-state index contributed by atoms with van der Waals surface area (Å²) in [6, 6.07) is 0.358. The summed E-state index contributed by atoms with van der Waals surface area (Å²) in [5.41, 5.74) is -0.825. The van der Waals surface area contributed by atoms with Gasteiger partial charge in [0.25, 0.3) is 0 Å². The van der Waals surface area contributed by atoms with E-state index in [2.05, 4.69) is 4.74 Å². The van der Waals surface area contributed by atoms with Gasteiger partial charge in [0.05, 0.1) is 7.11 Å². The number of sulfone groups is 1. The van der Waals surface area contributed by atoms with E-state index in [0.717, 1.165) is 7.11 Å². The minimum absolute atomic E-state index is 0.358. The van der Waals surface area contributed by atoms with Gasteiger partial charge in [-0.3, -0.25) is 0 Å². The fraction of sp³-hybridized carbons (Fsp3) is 0.300. The van der Waals surface area contributed by atoms with Crippen molar-refractivity contribution in [1.82, 2.24) is 0 Å². The molecule has 2 N–H and O–H groups in total. The van der Waals surface area contributed by atoms with Crippen molar-refractivity contribution in [2.24, 2.45) is 0 Å². The van der Waals surface area contributed by atoms with Gasteiger partial charge in [-0.15, -0.1) is 0 Å². The highest BCUT2D eigenvalue weighted by Crippen LogP contribution is 2.33. The van der Waals surface area contributed by atoms with Crippen molar-refractivity contribution >= 4 is 15.8 Å². The number of carbonyl (C=O) groups excluding carboxylic acids is 1. The molecule has 0 aliphatic carbocycles. The van der Waals surface area contributed by atoms with Gasteiger partial charge in [0.15, 0.2) is 27.5 Å². The van der Waals surface area contributed by atoms with Crippen molar-refractivity contribution in [3.63, 3.8) is 0 Å². The van der Waals surface area contributed by atoms with Crippen LogP contribution in [0.5, 0.6) is 5.75 Å². The second-order valence-electron chi connectivity index (χ2n) is 3.64. The summed E-state index contributed by atoms with van der Waals surface area (Å²) >= 11 is 0. The van der Waals surface area contributed by atoms with Crippen molar-refractivity contribution in [2.75, 3.05) is 13.4 Å². The standard InChI is InChI=1S/C10H10F2O6S/c1-18-10(15)8(14)4-3-5(11)9(19(2,16)17)6(12)7(4)13/h3,8,13-14H,1-2H3. The van der Waals surface area contributed by atoms with E-state index in [1.54, 1.807) is 0 Å². The molecule has 0 bridgehead atoms. The highest BCUT2D eigenvalue weighted by atomic mass is 32.2. The van der Waals surface area contributed by atoms with Gasteiger partial charge < -0.3 is 14.9 Å². The van der Waals surface area contributed by atoms with Gasteiger partial charge in [-0.25, -0.2) is 22.0 Å². The molecular formula is C10H10F2O6S. The predicted molar refractivity (Wildman–Crippen MR) is 58.1 cm³/mol. The van der Waals surface area contributed by atoms with Crippen LogP contribution in [0.25, 0.3) is 0 Å². The van der Waals surface area contributed by atoms with Gasteiger partial charge in [-0.05, 0) is 6.07 Å². The molecule has 0 saturated heterocycles. The first kappa shape index (κ1) is 15.3. The number of carbonyl (C=O) groups is 1. The quantitative estimate of drug-likeness (QED) is 0.777. The predicted octanol–water partition coefficient (Wildman–Crippen LogP) is 0.280. The number of esters is 1. The molecule has 1 aromatic carbocycles.